The smallest absolute Gasteiger partial charge is 0.410 e. The number of likely N-dealkylation sites (tertiary alicyclic amines) is 1. The Hall–Kier alpha value is -0.770. The van der Waals surface area contributed by atoms with E-state index < -0.39 is 5.60 Å². The zero-order valence-corrected chi connectivity index (χ0v) is 11.6. The van der Waals surface area contributed by atoms with Crippen molar-refractivity contribution in [1.29, 1.82) is 0 Å². The number of aliphatic hydroxyl groups is 1. The van der Waals surface area contributed by atoms with Crippen molar-refractivity contribution in [1.82, 2.24) is 4.90 Å². The Balaban J connectivity index is 2.59. The lowest BCUT2D eigenvalue weighted by Gasteiger charge is -2.38. The van der Waals surface area contributed by atoms with E-state index in [0.717, 1.165) is 13.0 Å². The number of nitrogens with zero attached hydrogens (tertiary/aromatic N) is 1. The van der Waals surface area contributed by atoms with Crippen molar-refractivity contribution >= 4 is 6.09 Å². The van der Waals surface area contributed by atoms with Crippen molar-refractivity contribution in [2.75, 3.05) is 13.1 Å². The number of hydrogen-bond acceptors (Lipinski definition) is 3. The summed E-state index contributed by atoms with van der Waals surface area (Å²) in [6.45, 7) is 10.8. The van der Waals surface area contributed by atoms with Crippen molar-refractivity contribution < 1.29 is 14.6 Å². The normalized spacial score (nSPS) is 27.8. The molecule has 3 atom stereocenters. The van der Waals surface area contributed by atoms with E-state index in [1.54, 1.807) is 11.8 Å². The van der Waals surface area contributed by atoms with Gasteiger partial charge in [0.05, 0.1) is 6.10 Å². The quantitative estimate of drug-likeness (QED) is 0.768. The minimum absolute atomic E-state index is 0.149. The van der Waals surface area contributed by atoms with Gasteiger partial charge in [-0.15, -0.1) is 0 Å². The van der Waals surface area contributed by atoms with Gasteiger partial charge in [0.1, 0.15) is 5.60 Å². The molecule has 0 aromatic carbocycles. The molecule has 0 spiro atoms. The third kappa shape index (κ3) is 4.19. The molecule has 100 valence electrons. The summed E-state index contributed by atoms with van der Waals surface area (Å²) in [5.41, 5.74) is -0.458. The fraction of sp³-hybridized carbons (Fsp3) is 0.923. The predicted molar refractivity (Wildman–Crippen MR) is 66.8 cm³/mol. The molecular weight excluding hydrogens is 218 g/mol. The molecule has 17 heavy (non-hydrogen) atoms. The van der Waals surface area contributed by atoms with E-state index in [1.807, 2.05) is 20.8 Å². The first kappa shape index (κ1) is 14.3. The Kier molecular flexibility index (Phi) is 4.42. The van der Waals surface area contributed by atoms with Gasteiger partial charge in [0.2, 0.25) is 0 Å². The number of rotatable bonds is 1. The number of carbonyl (C=O) groups excluding carboxylic acids is 1. The van der Waals surface area contributed by atoms with Gasteiger partial charge >= 0.3 is 6.09 Å². The van der Waals surface area contributed by atoms with Gasteiger partial charge in [0.25, 0.3) is 0 Å². The standard InChI is InChI=1S/C13H25NO3/c1-9-6-7-14(8-11(9)10(2)15)12(16)17-13(3,4)5/h9-11,15H,6-8H2,1-5H3. The Morgan fingerprint density at radius 2 is 2.06 bits per heavy atom. The maximum absolute atomic E-state index is 11.9. The Labute approximate surface area is 104 Å². The highest BCUT2D eigenvalue weighted by Crippen LogP contribution is 2.26. The third-order valence-corrected chi connectivity index (χ3v) is 3.29. The molecule has 1 heterocycles. The minimum Gasteiger partial charge on any atom is -0.444 e. The summed E-state index contributed by atoms with van der Waals surface area (Å²) >= 11 is 0. The summed E-state index contributed by atoms with van der Waals surface area (Å²) < 4.78 is 5.35. The average molecular weight is 243 g/mol. The lowest BCUT2D eigenvalue weighted by molar-refractivity contribution is -0.00666. The van der Waals surface area contributed by atoms with Crippen LogP contribution >= 0.6 is 0 Å². The molecule has 1 aliphatic rings. The molecule has 4 heteroatoms. The van der Waals surface area contributed by atoms with Crippen LogP contribution in [0.5, 0.6) is 0 Å². The molecule has 1 amide bonds. The molecule has 0 saturated carbocycles. The number of amides is 1. The van der Waals surface area contributed by atoms with Gasteiger partial charge in [-0.1, -0.05) is 6.92 Å². The predicted octanol–water partition coefficient (Wildman–Crippen LogP) is 2.26. The first-order valence-corrected chi connectivity index (χ1v) is 6.36. The second kappa shape index (κ2) is 5.25. The molecule has 4 nitrogen and oxygen atoms in total. The van der Waals surface area contributed by atoms with Gasteiger partial charge in [-0.3, -0.25) is 0 Å². The van der Waals surface area contributed by atoms with Crippen LogP contribution in [-0.4, -0.2) is 40.9 Å². The summed E-state index contributed by atoms with van der Waals surface area (Å²) in [7, 11) is 0. The van der Waals surface area contributed by atoms with E-state index in [2.05, 4.69) is 6.92 Å². The van der Waals surface area contributed by atoms with Crippen LogP contribution in [0.1, 0.15) is 41.0 Å². The number of ether oxygens (including phenoxy) is 1. The molecule has 3 unspecified atom stereocenters. The van der Waals surface area contributed by atoms with Crippen LogP contribution in [0.4, 0.5) is 4.79 Å². The second-order valence-corrected chi connectivity index (χ2v) is 6.10. The highest BCUT2D eigenvalue weighted by Gasteiger charge is 2.33. The fourth-order valence-electron chi connectivity index (χ4n) is 2.22. The number of carbonyl (C=O) groups is 1. The van der Waals surface area contributed by atoms with E-state index in [1.165, 1.54) is 0 Å². The van der Waals surface area contributed by atoms with Crippen molar-refractivity contribution in [2.24, 2.45) is 11.8 Å². The van der Waals surface area contributed by atoms with Gasteiger partial charge in [-0.25, -0.2) is 4.79 Å². The van der Waals surface area contributed by atoms with Gasteiger partial charge in [-0.2, -0.15) is 0 Å². The third-order valence-electron chi connectivity index (χ3n) is 3.29. The minimum atomic E-state index is -0.458. The molecule has 1 saturated heterocycles. The SMILES string of the molecule is CC(O)C1CN(C(=O)OC(C)(C)C)CCC1C. The fourth-order valence-corrected chi connectivity index (χ4v) is 2.22. The number of hydrogen-bond donors (Lipinski definition) is 1. The van der Waals surface area contributed by atoms with Gasteiger partial charge in [0, 0.05) is 19.0 Å². The largest absolute Gasteiger partial charge is 0.444 e. The Morgan fingerprint density at radius 3 is 2.53 bits per heavy atom. The molecule has 1 fully saturated rings. The van der Waals surface area contributed by atoms with Gasteiger partial charge < -0.3 is 14.7 Å². The molecule has 1 aliphatic heterocycles. The van der Waals surface area contributed by atoms with E-state index in [4.69, 9.17) is 4.74 Å². The van der Waals surface area contributed by atoms with Crippen LogP contribution in [0.2, 0.25) is 0 Å². The zero-order chi connectivity index (χ0) is 13.2. The molecular formula is C13H25NO3. The van der Waals surface area contributed by atoms with Gasteiger partial charge in [0.15, 0.2) is 0 Å². The van der Waals surface area contributed by atoms with Crippen molar-refractivity contribution in [3.05, 3.63) is 0 Å². The summed E-state index contributed by atoms with van der Waals surface area (Å²) in [5, 5.41) is 9.70. The molecule has 0 radical (unpaired) electrons. The van der Waals surface area contributed by atoms with Crippen molar-refractivity contribution in [3.8, 4) is 0 Å². The molecule has 1 N–H and O–H groups in total. The molecule has 0 aromatic rings. The maximum Gasteiger partial charge on any atom is 0.410 e. The summed E-state index contributed by atoms with van der Waals surface area (Å²) in [6.07, 6.45) is 0.278. The highest BCUT2D eigenvalue weighted by atomic mass is 16.6. The van der Waals surface area contributed by atoms with E-state index in [-0.39, 0.29) is 18.1 Å². The van der Waals surface area contributed by atoms with Crippen LogP contribution in [-0.2, 0) is 4.74 Å². The highest BCUT2D eigenvalue weighted by molar-refractivity contribution is 5.68. The van der Waals surface area contributed by atoms with Crippen LogP contribution in [0.3, 0.4) is 0 Å². The summed E-state index contributed by atoms with van der Waals surface area (Å²) in [5.74, 6) is 0.602. The van der Waals surface area contributed by atoms with Crippen LogP contribution < -0.4 is 0 Å². The lowest BCUT2D eigenvalue weighted by Crippen LogP contribution is -2.48. The number of piperidine rings is 1. The Bertz CT molecular complexity index is 270. The van der Waals surface area contributed by atoms with Crippen LogP contribution in [0.15, 0.2) is 0 Å². The van der Waals surface area contributed by atoms with Crippen molar-refractivity contribution in [3.63, 3.8) is 0 Å². The maximum atomic E-state index is 11.9. The topological polar surface area (TPSA) is 49.8 Å². The average Bonchev–Trinajstić information content (AvgIpc) is 2.14. The number of aliphatic hydroxyl groups excluding tert-OH is 1. The zero-order valence-electron chi connectivity index (χ0n) is 11.6. The molecule has 0 bridgehead atoms. The monoisotopic (exact) mass is 243 g/mol. The van der Waals surface area contributed by atoms with E-state index in [0.29, 0.717) is 12.5 Å². The van der Waals surface area contributed by atoms with Crippen LogP contribution in [0.25, 0.3) is 0 Å². The lowest BCUT2D eigenvalue weighted by atomic mass is 9.84. The van der Waals surface area contributed by atoms with E-state index in [9.17, 15) is 9.90 Å². The van der Waals surface area contributed by atoms with Crippen molar-refractivity contribution in [2.45, 2.75) is 52.7 Å². The van der Waals surface area contributed by atoms with Gasteiger partial charge in [-0.05, 0) is 40.0 Å². The van der Waals surface area contributed by atoms with Crippen LogP contribution in [0, 0.1) is 11.8 Å². The second-order valence-electron chi connectivity index (χ2n) is 6.10. The summed E-state index contributed by atoms with van der Waals surface area (Å²) in [4.78, 5) is 13.6. The first-order valence-electron chi connectivity index (χ1n) is 6.36. The molecule has 0 aliphatic carbocycles. The summed E-state index contributed by atoms with van der Waals surface area (Å²) in [6, 6.07) is 0. The molecule has 1 rings (SSSR count). The van der Waals surface area contributed by atoms with E-state index >= 15 is 0 Å². The first-order chi connectivity index (χ1) is 7.70. The Morgan fingerprint density at radius 1 is 1.47 bits per heavy atom. The molecule has 0 aromatic heterocycles.